The van der Waals surface area contributed by atoms with Gasteiger partial charge in [-0.1, -0.05) is 30.3 Å². The van der Waals surface area contributed by atoms with Crippen LogP contribution >= 0.6 is 0 Å². The van der Waals surface area contributed by atoms with Gasteiger partial charge in [0.25, 0.3) is 6.01 Å². The fraction of sp³-hybridized carbons (Fsp3) is 0.444. The van der Waals surface area contributed by atoms with Crippen molar-refractivity contribution in [3.05, 3.63) is 41.5 Å². The van der Waals surface area contributed by atoms with Crippen molar-refractivity contribution in [2.45, 2.75) is 32.2 Å². The number of likely N-dealkylation sites (N-methyl/N-ethyl adjacent to an activating group) is 1. The molecule has 0 amide bonds. The molecule has 3 aromatic rings. The standard InChI is InChI=1S/C27H31N5O3/c1-17-21(15-28)23-25(35-27(29-23)31-12-9-19(10-13-31)26(33)34)24(22(17)18-7-5-4-6-8-18)32-14-11-20(16-32)30(2)3/h4-8,19-20H,9-14,16H2,1-3H3,(H,33,34). The molecule has 3 heterocycles. The normalized spacial score (nSPS) is 19.0. The van der Waals surface area contributed by atoms with Crippen LogP contribution in [0.1, 0.15) is 30.4 Å². The summed E-state index contributed by atoms with van der Waals surface area (Å²) in [5, 5.41) is 19.5. The number of benzene rings is 2. The molecule has 2 aliphatic heterocycles. The molecule has 2 aromatic carbocycles. The highest BCUT2D eigenvalue weighted by Gasteiger charge is 2.33. The van der Waals surface area contributed by atoms with E-state index >= 15 is 0 Å². The minimum atomic E-state index is -0.746. The molecule has 35 heavy (non-hydrogen) atoms. The first-order valence-electron chi connectivity index (χ1n) is 12.2. The Morgan fingerprint density at radius 3 is 2.43 bits per heavy atom. The van der Waals surface area contributed by atoms with Crippen LogP contribution < -0.4 is 9.80 Å². The molecule has 8 heteroatoms. The van der Waals surface area contributed by atoms with Crippen molar-refractivity contribution < 1.29 is 14.3 Å². The minimum absolute atomic E-state index is 0.333. The summed E-state index contributed by atoms with van der Waals surface area (Å²) in [7, 11) is 4.22. The SMILES string of the molecule is Cc1c(-c2ccccc2)c(N2CCC(N(C)C)C2)c2oc(N3CCC(C(=O)O)CC3)nc2c1C#N. The molecular weight excluding hydrogens is 442 g/mol. The number of anilines is 2. The summed E-state index contributed by atoms with van der Waals surface area (Å²) >= 11 is 0. The van der Waals surface area contributed by atoms with Crippen LogP contribution in [0.25, 0.3) is 22.2 Å². The van der Waals surface area contributed by atoms with E-state index in [1.165, 1.54) is 0 Å². The molecule has 2 saturated heterocycles. The molecule has 182 valence electrons. The van der Waals surface area contributed by atoms with Crippen molar-refractivity contribution in [2.24, 2.45) is 5.92 Å². The molecule has 0 radical (unpaired) electrons. The Morgan fingerprint density at radius 2 is 1.83 bits per heavy atom. The van der Waals surface area contributed by atoms with Gasteiger partial charge in [0.05, 0.1) is 17.2 Å². The quantitative estimate of drug-likeness (QED) is 0.591. The lowest BCUT2D eigenvalue weighted by Gasteiger charge is -2.28. The number of hydrogen-bond donors (Lipinski definition) is 1. The van der Waals surface area contributed by atoms with Crippen molar-refractivity contribution in [3.8, 4) is 17.2 Å². The summed E-state index contributed by atoms with van der Waals surface area (Å²) in [6, 6.07) is 13.5. The molecule has 1 unspecified atom stereocenters. The average Bonchev–Trinajstić information content (AvgIpc) is 3.52. The summed E-state index contributed by atoms with van der Waals surface area (Å²) < 4.78 is 6.46. The molecule has 1 atom stereocenters. The van der Waals surface area contributed by atoms with Crippen LogP contribution in [0.4, 0.5) is 11.7 Å². The number of piperidine rings is 1. The van der Waals surface area contributed by atoms with E-state index in [0.29, 0.717) is 54.7 Å². The number of oxazole rings is 1. The largest absolute Gasteiger partial charge is 0.481 e. The molecule has 1 N–H and O–H groups in total. The topological polar surface area (TPSA) is 96.8 Å². The first kappa shape index (κ1) is 23.2. The Hall–Kier alpha value is -3.57. The maximum Gasteiger partial charge on any atom is 0.306 e. The van der Waals surface area contributed by atoms with Gasteiger partial charge in [-0.15, -0.1) is 0 Å². The zero-order valence-electron chi connectivity index (χ0n) is 20.5. The molecule has 0 spiro atoms. The second-order valence-corrected chi connectivity index (χ2v) is 9.83. The third kappa shape index (κ3) is 4.10. The van der Waals surface area contributed by atoms with Crippen LogP contribution in [-0.2, 0) is 4.79 Å². The molecule has 5 rings (SSSR count). The van der Waals surface area contributed by atoms with Crippen LogP contribution in [-0.4, -0.2) is 67.3 Å². The first-order valence-corrected chi connectivity index (χ1v) is 12.2. The van der Waals surface area contributed by atoms with Gasteiger partial charge in [-0.3, -0.25) is 4.79 Å². The van der Waals surface area contributed by atoms with Gasteiger partial charge >= 0.3 is 5.97 Å². The molecule has 1 aromatic heterocycles. The Balaban J connectivity index is 1.67. The second-order valence-electron chi connectivity index (χ2n) is 9.83. The van der Waals surface area contributed by atoms with E-state index in [1.54, 1.807) is 0 Å². The third-order valence-corrected chi connectivity index (χ3v) is 7.55. The number of carbonyl (C=O) groups is 1. The van der Waals surface area contributed by atoms with Gasteiger partial charge in [0, 0.05) is 37.8 Å². The molecule has 0 aliphatic carbocycles. The molecule has 0 saturated carbocycles. The van der Waals surface area contributed by atoms with Crippen LogP contribution in [0.5, 0.6) is 0 Å². The monoisotopic (exact) mass is 473 g/mol. The van der Waals surface area contributed by atoms with E-state index in [2.05, 4.69) is 42.1 Å². The van der Waals surface area contributed by atoms with Crippen molar-refractivity contribution in [1.82, 2.24) is 9.88 Å². The second kappa shape index (κ2) is 9.23. The van der Waals surface area contributed by atoms with Gasteiger partial charge in [-0.2, -0.15) is 10.2 Å². The molecular formula is C27H31N5O3. The Kier molecular flexibility index (Phi) is 6.12. The highest BCUT2D eigenvalue weighted by atomic mass is 16.4. The minimum Gasteiger partial charge on any atom is -0.481 e. The maximum absolute atomic E-state index is 11.4. The van der Waals surface area contributed by atoms with Gasteiger partial charge < -0.3 is 24.2 Å². The first-order chi connectivity index (χ1) is 16.9. The zero-order chi connectivity index (χ0) is 24.7. The van der Waals surface area contributed by atoms with Crippen molar-refractivity contribution in [2.75, 3.05) is 50.1 Å². The number of nitrogens with zero attached hydrogens (tertiary/aromatic N) is 5. The number of carboxylic acids is 1. The summed E-state index contributed by atoms with van der Waals surface area (Å²) in [5.74, 6) is -1.08. The lowest BCUT2D eigenvalue weighted by molar-refractivity contribution is -0.142. The van der Waals surface area contributed by atoms with Crippen molar-refractivity contribution >= 4 is 28.8 Å². The van der Waals surface area contributed by atoms with E-state index in [0.717, 1.165) is 41.9 Å². The fourth-order valence-electron chi connectivity index (χ4n) is 5.45. The van der Waals surface area contributed by atoms with E-state index < -0.39 is 5.97 Å². The van der Waals surface area contributed by atoms with Crippen molar-refractivity contribution in [3.63, 3.8) is 0 Å². The van der Waals surface area contributed by atoms with Crippen LogP contribution in [0, 0.1) is 24.2 Å². The van der Waals surface area contributed by atoms with Gasteiger partial charge in [0.1, 0.15) is 11.6 Å². The third-order valence-electron chi connectivity index (χ3n) is 7.55. The summed E-state index contributed by atoms with van der Waals surface area (Å²) in [6.45, 7) is 4.89. The Bertz CT molecular complexity index is 1290. The Labute approximate surface area is 205 Å². The molecule has 2 fully saturated rings. The zero-order valence-corrected chi connectivity index (χ0v) is 20.5. The number of aromatic nitrogens is 1. The lowest BCUT2D eigenvalue weighted by atomic mass is 9.93. The number of fused-ring (bicyclic) bond motifs is 1. The smallest absolute Gasteiger partial charge is 0.306 e. The summed E-state index contributed by atoms with van der Waals surface area (Å²) in [5.41, 5.74) is 5.71. The summed E-state index contributed by atoms with van der Waals surface area (Å²) in [6.07, 6.45) is 2.15. The molecule has 2 aliphatic rings. The average molecular weight is 474 g/mol. The van der Waals surface area contributed by atoms with Gasteiger partial charge in [-0.25, -0.2) is 0 Å². The highest BCUT2D eigenvalue weighted by molar-refractivity contribution is 6.03. The van der Waals surface area contributed by atoms with Crippen LogP contribution in [0.2, 0.25) is 0 Å². The Morgan fingerprint density at radius 1 is 1.14 bits per heavy atom. The van der Waals surface area contributed by atoms with Gasteiger partial charge in [-0.05, 0) is 51.4 Å². The molecule has 8 nitrogen and oxygen atoms in total. The number of nitriles is 1. The predicted octanol–water partition coefficient (Wildman–Crippen LogP) is 4.12. The molecule has 0 bridgehead atoms. The number of carboxylic acid groups (broad SMARTS) is 1. The number of hydrogen-bond acceptors (Lipinski definition) is 7. The lowest BCUT2D eigenvalue weighted by Crippen LogP contribution is -2.36. The summed E-state index contributed by atoms with van der Waals surface area (Å²) in [4.78, 5) is 22.8. The van der Waals surface area contributed by atoms with Crippen LogP contribution in [0.15, 0.2) is 34.7 Å². The van der Waals surface area contributed by atoms with E-state index in [4.69, 9.17) is 9.40 Å². The van der Waals surface area contributed by atoms with E-state index in [-0.39, 0.29) is 5.92 Å². The van der Waals surface area contributed by atoms with Gasteiger partial charge in [0.15, 0.2) is 5.58 Å². The predicted molar refractivity (Wildman–Crippen MR) is 136 cm³/mol. The van der Waals surface area contributed by atoms with Gasteiger partial charge in [0.2, 0.25) is 0 Å². The maximum atomic E-state index is 11.4. The highest BCUT2D eigenvalue weighted by Crippen LogP contribution is 2.45. The fourth-order valence-corrected chi connectivity index (χ4v) is 5.45. The number of rotatable bonds is 5. The number of aliphatic carboxylic acids is 1. The van der Waals surface area contributed by atoms with E-state index in [1.807, 2.05) is 30.0 Å². The van der Waals surface area contributed by atoms with E-state index in [9.17, 15) is 15.2 Å². The van der Waals surface area contributed by atoms with Crippen molar-refractivity contribution in [1.29, 1.82) is 5.26 Å². The van der Waals surface area contributed by atoms with Crippen LogP contribution in [0.3, 0.4) is 0 Å².